The Morgan fingerprint density at radius 3 is 2.78 bits per heavy atom. The van der Waals surface area contributed by atoms with Gasteiger partial charge < -0.3 is 4.74 Å². The molecule has 0 bridgehead atoms. The van der Waals surface area contributed by atoms with Crippen LogP contribution in [0.3, 0.4) is 0 Å². The van der Waals surface area contributed by atoms with Crippen molar-refractivity contribution in [2.24, 2.45) is 0 Å². The number of hydrogen-bond donors (Lipinski definition) is 2. The Labute approximate surface area is 156 Å². The standard InChI is InChI=1S/C15H13ClFN2O7P/c16-8-1-3-9(4-2-8)25-27(22)23-7-12-11(26-27)5-13(24-12)19-6-10(17)14(20)18-15(19)21/h1-4,6,11-13,22H,5,7H2/p+1/t11-,12+,13+,27?/m0/s1. The topological polar surface area (TPSA) is 112 Å². The number of halogens is 2. The molecule has 2 aliphatic heterocycles. The van der Waals surface area contributed by atoms with Crippen LogP contribution in [0.5, 0.6) is 5.75 Å². The summed E-state index contributed by atoms with van der Waals surface area (Å²) in [5.41, 5.74) is -1.92. The van der Waals surface area contributed by atoms with Crippen LogP contribution in [0.4, 0.5) is 4.39 Å². The fourth-order valence-electron chi connectivity index (χ4n) is 2.85. The zero-order valence-electron chi connectivity index (χ0n) is 13.6. The number of rotatable bonds is 3. The molecule has 144 valence electrons. The first-order chi connectivity index (χ1) is 12.8. The molecule has 0 aliphatic carbocycles. The van der Waals surface area contributed by atoms with Gasteiger partial charge >= 0.3 is 13.9 Å². The van der Waals surface area contributed by atoms with Crippen molar-refractivity contribution in [3.63, 3.8) is 0 Å². The zero-order valence-corrected chi connectivity index (χ0v) is 15.2. The predicted molar refractivity (Wildman–Crippen MR) is 91.9 cm³/mol. The van der Waals surface area contributed by atoms with Crippen molar-refractivity contribution in [1.29, 1.82) is 0 Å². The normalized spacial score (nSPS) is 30.1. The van der Waals surface area contributed by atoms with Crippen molar-refractivity contribution < 1.29 is 27.6 Å². The summed E-state index contributed by atoms with van der Waals surface area (Å²) in [5, 5.41) is 0.504. The molecule has 3 heterocycles. The fraction of sp³-hybridized carbons (Fsp3) is 0.333. The van der Waals surface area contributed by atoms with Gasteiger partial charge in [0.15, 0.2) is 5.75 Å². The Kier molecular flexibility index (Phi) is 4.79. The summed E-state index contributed by atoms with van der Waals surface area (Å²) in [5.74, 6) is -0.802. The number of fused-ring (bicyclic) bond motifs is 1. The van der Waals surface area contributed by atoms with Crippen LogP contribution in [0.2, 0.25) is 5.02 Å². The average molecular weight is 420 g/mol. The second-order valence-electron chi connectivity index (χ2n) is 5.96. The second-order valence-corrected chi connectivity index (χ2v) is 7.99. The number of benzene rings is 1. The molecule has 0 radical (unpaired) electrons. The van der Waals surface area contributed by atoms with Gasteiger partial charge in [-0.05, 0) is 24.3 Å². The first-order valence-corrected chi connectivity index (χ1v) is 9.77. The van der Waals surface area contributed by atoms with Crippen LogP contribution in [0.1, 0.15) is 12.6 Å². The molecule has 0 spiro atoms. The molecule has 2 N–H and O–H groups in total. The highest BCUT2D eigenvalue weighted by molar-refractivity contribution is 7.55. The van der Waals surface area contributed by atoms with Gasteiger partial charge in [-0.2, -0.15) is 9.28 Å². The monoisotopic (exact) mass is 419 g/mol. The van der Waals surface area contributed by atoms with Crippen LogP contribution in [-0.4, -0.2) is 33.3 Å². The molecule has 1 unspecified atom stereocenters. The number of aromatic amines is 1. The maximum Gasteiger partial charge on any atom is 0.619 e. The third-order valence-electron chi connectivity index (χ3n) is 4.12. The average Bonchev–Trinajstić information content (AvgIpc) is 3.02. The molecular weight excluding hydrogens is 406 g/mol. The van der Waals surface area contributed by atoms with Crippen molar-refractivity contribution in [3.05, 3.63) is 62.1 Å². The molecule has 2 fully saturated rings. The van der Waals surface area contributed by atoms with Crippen molar-refractivity contribution >= 4 is 19.8 Å². The molecule has 4 rings (SSSR count). The zero-order chi connectivity index (χ0) is 19.2. The molecule has 2 aromatic rings. The van der Waals surface area contributed by atoms with E-state index < -0.39 is 43.7 Å². The van der Waals surface area contributed by atoms with Gasteiger partial charge in [-0.3, -0.25) is 18.9 Å². The first-order valence-electron chi connectivity index (χ1n) is 7.89. The summed E-state index contributed by atoms with van der Waals surface area (Å²) in [4.78, 5) is 35.4. The van der Waals surface area contributed by atoms with E-state index >= 15 is 0 Å². The number of nitrogens with zero attached hydrogens (tertiary/aromatic N) is 1. The fourth-order valence-corrected chi connectivity index (χ4v) is 4.42. The smallest absolute Gasteiger partial charge is 0.349 e. The first kappa shape index (κ1) is 18.5. The van der Waals surface area contributed by atoms with E-state index in [2.05, 4.69) is 0 Å². The Morgan fingerprint density at radius 2 is 2.04 bits per heavy atom. The minimum absolute atomic E-state index is 0.0420. The summed E-state index contributed by atoms with van der Waals surface area (Å²) < 4.78 is 36.4. The highest BCUT2D eigenvalue weighted by Gasteiger charge is 2.58. The van der Waals surface area contributed by atoms with Crippen LogP contribution in [0.15, 0.2) is 40.1 Å². The summed E-state index contributed by atoms with van der Waals surface area (Å²) in [6, 6.07) is 6.27. The van der Waals surface area contributed by atoms with Crippen LogP contribution < -0.4 is 15.8 Å². The van der Waals surface area contributed by atoms with Crippen molar-refractivity contribution in [3.8, 4) is 5.75 Å². The highest BCUT2D eigenvalue weighted by atomic mass is 35.5. The van der Waals surface area contributed by atoms with E-state index in [1.165, 1.54) is 0 Å². The molecular formula is C15H14ClFN2O7P+. The lowest BCUT2D eigenvalue weighted by Gasteiger charge is -2.26. The molecule has 2 saturated heterocycles. The summed E-state index contributed by atoms with van der Waals surface area (Å²) in [6.45, 7) is -0.0420. The molecule has 0 saturated carbocycles. The van der Waals surface area contributed by atoms with Gasteiger partial charge in [0.05, 0.1) is 6.20 Å². The minimum Gasteiger partial charge on any atom is -0.349 e. The van der Waals surface area contributed by atoms with Gasteiger partial charge in [0.2, 0.25) is 5.82 Å². The van der Waals surface area contributed by atoms with Gasteiger partial charge in [-0.25, -0.2) is 4.79 Å². The third-order valence-corrected chi connectivity index (χ3v) is 5.83. The van der Waals surface area contributed by atoms with E-state index in [-0.39, 0.29) is 13.0 Å². The van der Waals surface area contributed by atoms with Crippen molar-refractivity contribution in [2.45, 2.75) is 24.9 Å². The van der Waals surface area contributed by atoms with Gasteiger partial charge in [-0.15, -0.1) is 9.05 Å². The largest absolute Gasteiger partial charge is 0.619 e. The van der Waals surface area contributed by atoms with Crippen LogP contribution in [-0.2, 0) is 13.8 Å². The van der Waals surface area contributed by atoms with E-state index in [9.17, 15) is 18.9 Å². The van der Waals surface area contributed by atoms with E-state index in [0.717, 1.165) is 10.8 Å². The molecule has 9 nitrogen and oxygen atoms in total. The molecule has 4 atom stereocenters. The van der Waals surface area contributed by atoms with E-state index in [1.807, 2.05) is 4.98 Å². The molecule has 2 aliphatic rings. The van der Waals surface area contributed by atoms with Gasteiger partial charge in [0.25, 0.3) is 5.56 Å². The summed E-state index contributed by atoms with van der Waals surface area (Å²) in [6.07, 6.45) is -1.21. The van der Waals surface area contributed by atoms with E-state index in [0.29, 0.717) is 10.8 Å². The van der Waals surface area contributed by atoms with E-state index in [4.69, 9.17) is 29.9 Å². The molecule has 0 amide bonds. The van der Waals surface area contributed by atoms with E-state index in [1.54, 1.807) is 24.3 Å². The lowest BCUT2D eigenvalue weighted by molar-refractivity contribution is -0.0748. The van der Waals surface area contributed by atoms with Crippen molar-refractivity contribution in [1.82, 2.24) is 9.55 Å². The van der Waals surface area contributed by atoms with Gasteiger partial charge in [0.1, 0.15) is 25.0 Å². The number of H-pyrrole nitrogens is 1. The third kappa shape index (κ3) is 3.77. The predicted octanol–water partition coefficient (Wildman–Crippen LogP) is 1.78. The Hall–Kier alpha value is -1.81. The van der Waals surface area contributed by atoms with Crippen LogP contribution in [0.25, 0.3) is 0 Å². The number of nitrogens with one attached hydrogen (secondary N) is 1. The van der Waals surface area contributed by atoms with Gasteiger partial charge in [0, 0.05) is 11.4 Å². The summed E-state index contributed by atoms with van der Waals surface area (Å²) >= 11 is 5.81. The van der Waals surface area contributed by atoms with Gasteiger partial charge in [-0.1, -0.05) is 11.6 Å². The van der Waals surface area contributed by atoms with Crippen LogP contribution in [0, 0.1) is 5.82 Å². The number of aromatic nitrogens is 2. The molecule has 27 heavy (non-hydrogen) atoms. The molecule has 12 heteroatoms. The lowest BCUT2D eigenvalue weighted by Crippen LogP contribution is -2.36. The molecule has 1 aromatic carbocycles. The maximum atomic E-state index is 13.5. The SMILES string of the molecule is O=c1[nH]c(=O)n([C@H]2C[C@@H]3O[P+](O)(Oc4ccc(Cl)cc4)OC[C@H]3O2)cc1F. The highest BCUT2D eigenvalue weighted by Crippen LogP contribution is 2.62. The Balaban J connectivity index is 1.49. The summed E-state index contributed by atoms with van der Waals surface area (Å²) in [7, 11) is -3.66. The number of ether oxygens (including phenoxy) is 1. The van der Waals surface area contributed by atoms with Crippen molar-refractivity contribution in [2.75, 3.05) is 6.61 Å². The van der Waals surface area contributed by atoms with Crippen LogP contribution >= 0.6 is 19.8 Å². The second kappa shape index (κ2) is 6.97. The Morgan fingerprint density at radius 1 is 1.30 bits per heavy atom. The maximum absolute atomic E-state index is 13.5. The number of hydrogen-bond acceptors (Lipinski definition) is 7. The Bertz CT molecular complexity index is 968. The quantitative estimate of drug-likeness (QED) is 0.729. The lowest BCUT2D eigenvalue weighted by atomic mass is 10.2. The molecule has 1 aromatic heterocycles. The minimum atomic E-state index is -3.66.